The topological polar surface area (TPSA) is 21.3 Å². The SMILES string of the molecule is Cc1ccc2c(c1)CC(CC1(CNC(C)C)CCCC1)O2. The van der Waals surface area contributed by atoms with E-state index in [2.05, 4.69) is 44.3 Å². The van der Waals surface area contributed by atoms with Crippen molar-refractivity contribution in [1.29, 1.82) is 0 Å². The zero-order valence-electron chi connectivity index (χ0n) is 13.7. The Morgan fingerprint density at radius 3 is 2.76 bits per heavy atom. The lowest BCUT2D eigenvalue weighted by molar-refractivity contribution is 0.132. The molecular formula is C19H29NO. The molecule has 1 aromatic rings. The first kappa shape index (κ1) is 14.9. The van der Waals surface area contributed by atoms with Crippen LogP contribution in [0.1, 0.15) is 57.1 Å². The Morgan fingerprint density at radius 1 is 1.29 bits per heavy atom. The first-order chi connectivity index (χ1) is 10.1. The van der Waals surface area contributed by atoms with Gasteiger partial charge < -0.3 is 10.1 Å². The number of ether oxygens (including phenoxy) is 1. The number of benzene rings is 1. The molecule has 2 heteroatoms. The summed E-state index contributed by atoms with van der Waals surface area (Å²) >= 11 is 0. The molecule has 0 spiro atoms. The molecule has 0 aromatic heterocycles. The van der Waals surface area contributed by atoms with E-state index >= 15 is 0 Å². The first-order valence-electron chi connectivity index (χ1n) is 8.56. The predicted octanol–water partition coefficient (Wildman–Crippen LogP) is 4.25. The Labute approximate surface area is 129 Å². The highest BCUT2D eigenvalue weighted by atomic mass is 16.5. The molecule has 1 fully saturated rings. The highest BCUT2D eigenvalue weighted by molar-refractivity contribution is 5.40. The maximum atomic E-state index is 6.23. The fourth-order valence-corrected chi connectivity index (χ4v) is 4.04. The summed E-state index contributed by atoms with van der Waals surface area (Å²) in [7, 11) is 0. The monoisotopic (exact) mass is 287 g/mol. The van der Waals surface area contributed by atoms with Crippen molar-refractivity contribution in [2.45, 2.75) is 71.4 Å². The van der Waals surface area contributed by atoms with E-state index in [4.69, 9.17) is 4.74 Å². The molecule has 0 saturated heterocycles. The van der Waals surface area contributed by atoms with Crippen molar-refractivity contribution in [3.8, 4) is 5.75 Å². The summed E-state index contributed by atoms with van der Waals surface area (Å²) in [6.45, 7) is 7.80. The van der Waals surface area contributed by atoms with Crippen LogP contribution < -0.4 is 10.1 Å². The smallest absolute Gasteiger partial charge is 0.123 e. The molecule has 0 bridgehead atoms. The Balaban J connectivity index is 1.65. The first-order valence-corrected chi connectivity index (χ1v) is 8.56. The molecule has 1 heterocycles. The lowest BCUT2D eigenvalue weighted by atomic mass is 9.79. The highest BCUT2D eigenvalue weighted by Crippen LogP contribution is 2.44. The molecular weight excluding hydrogens is 258 g/mol. The summed E-state index contributed by atoms with van der Waals surface area (Å²) in [4.78, 5) is 0. The molecule has 1 saturated carbocycles. The minimum absolute atomic E-state index is 0.383. The largest absolute Gasteiger partial charge is 0.490 e. The van der Waals surface area contributed by atoms with E-state index in [0.717, 1.165) is 18.7 Å². The van der Waals surface area contributed by atoms with Crippen LogP contribution in [0.2, 0.25) is 0 Å². The van der Waals surface area contributed by atoms with Gasteiger partial charge in [0.15, 0.2) is 0 Å². The van der Waals surface area contributed by atoms with Crippen LogP contribution in [0.3, 0.4) is 0 Å². The molecule has 1 N–H and O–H groups in total. The van der Waals surface area contributed by atoms with Gasteiger partial charge in [-0.15, -0.1) is 0 Å². The molecule has 21 heavy (non-hydrogen) atoms. The van der Waals surface area contributed by atoms with Gasteiger partial charge in [-0.3, -0.25) is 0 Å². The molecule has 2 nitrogen and oxygen atoms in total. The summed E-state index contributed by atoms with van der Waals surface area (Å²) in [5, 5.41) is 3.68. The minimum Gasteiger partial charge on any atom is -0.490 e. The Hall–Kier alpha value is -1.02. The molecule has 1 aliphatic heterocycles. The Morgan fingerprint density at radius 2 is 2.05 bits per heavy atom. The summed E-state index contributed by atoms with van der Waals surface area (Å²) in [6.07, 6.45) is 8.19. The van der Waals surface area contributed by atoms with Crippen LogP contribution in [0, 0.1) is 12.3 Å². The van der Waals surface area contributed by atoms with Crippen molar-refractivity contribution in [1.82, 2.24) is 5.32 Å². The van der Waals surface area contributed by atoms with E-state index in [1.165, 1.54) is 43.2 Å². The summed E-state index contributed by atoms with van der Waals surface area (Å²) in [5.74, 6) is 1.12. The van der Waals surface area contributed by atoms with Crippen molar-refractivity contribution in [2.24, 2.45) is 5.41 Å². The van der Waals surface area contributed by atoms with Crippen molar-refractivity contribution >= 4 is 0 Å². The third-order valence-electron chi connectivity index (χ3n) is 5.17. The third-order valence-corrected chi connectivity index (χ3v) is 5.17. The van der Waals surface area contributed by atoms with Gasteiger partial charge in [0.25, 0.3) is 0 Å². The van der Waals surface area contributed by atoms with Gasteiger partial charge in [0.2, 0.25) is 0 Å². The van der Waals surface area contributed by atoms with Crippen LogP contribution in [0.25, 0.3) is 0 Å². The zero-order chi connectivity index (χ0) is 14.9. The van der Waals surface area contributed by atoms with Crippen LogP contribution in [0.5, 0.6) is 5.75 Å². The number of hydrogen-bond donors (Lipinski definition) is 1. The van der Waals surface area contributed by atoms with Crippen molar-refractivity contribution < 1.29 is 4.74 Å². The maximum absolute atomic E-state index is 6.23. The second kappa shape index (κ2) is 6.00. The van der Waals surface area contributed by atoms with E-state index in [-0.39, 0.29) is 0 Å². The molecule has 3 rings (SSSR count). The predicted molar refractivity (Wildman–Crippen MR) is 88.0 cm³/mol. The van der Waals surface area contributed by atoms with Crippen LogP contribution in [-0.4, -0.2) is 18.7 Å². The van der Waals surface area contributed by atoms with E-state index in [1.54, 1.807) is 0 Å². The third kappa shape index (κ3) is 3.42. The highest BCUT2D eigenvalue weighted by Gasteiger charge is 2.38. The van der Waals surface area contributed by atoms with Crippen LogP contribution in [-0.2, 0) is 6.42 Å². The van der Waals surface area contributed by atoms with Gasteiger partial charge in [-0.1, -0.05) is 44.4 Å². The van der Waals surface area contributed by atoms with Crippen molar-refractivity contribution in [3.05, 3.63) is 29.3 Å². The second-order valence-corrected chi connectivity index (χ2v) is 7.50. The standard InChI is InChI=1S/C19H29NO/c1-14(2)20-13-19(8-4-5-9-19)12-17-11-16-10-15(3)6-7-18(16)21-17/h6-7,10,14,17,20H,4-5,8-9,11-13H2,1-3H3. The van der Waals surface area contributed by atoms with E-state index in [0.29, 0.717) is 17.6 Å². The lowest BCUT2D eigenvalue weighted by Gasteiger charge is -2.32. The molecule has 1 aliphatic carbocycles. The average molecular weight is 287 g/mol. The molecule has 116 valence electrons. The summed E-state index contributed by atoms with van der Waals surface area (Å²) in [5.41, 5.74) is 3.21. The second-order valence-electron chi connectivity index (χ2n) is 7.50. The summed E-state index contributed by atoms with van der Waals surface area (Å²) < 4.78 is 6.23. The van der Waals surface area contributed by atoms with Crippen molar-refractivity contribution in [3.63, 3.8) is 0 Å². The van der Waals surface area contributed by atoms with Gasteiger partial charge in [-0.2, -0.15) is 0 Å². The minimum atomic E-state index is 0.383. The van der Waals surface area contributed by atoms with Gasteiger partial charge in [0.1, 0.15) is 11.9 Å². The van der Waals surface area contributed by atoms with Gasteiger partial charge in [0, 0.05) is 19.0 Å². The number of hydrogen-bond acceptors (Lipinski definition) is 2. The number of fused-ring (bicyclic) bond motifs is 1. The zero-order valence-corrected chi connectivity index (χ0v) is 13.7. The van der Waals surface area contributed by atoms with E-state index in [1.807, 2.05) is 0 Å². The quantitative estimate of drug-likeness (QED) is 0.874. The Bertz CT molecular complexity index is 488. The fraction of sp³-hybridized carbons (Fsp3) is 0.684. The number of aryl methyl sites for hydroxylation is 1. The van der Waals surface area contributed by atoms with Crippen molar-refractivity contribution in [2.75, 3.05) is 6.54 Å². The van der Waals surface area contributed by atoms with Gasteiger partial charge in [-0.25, -0.2) is 0 Å². The van der Waals surface area contributed by atoms with E-state index < -0.39 is 0 Å². The lowest BCUT2D eigenvalue weighted by Crippen LogP contribution is -2.39. The fourth-order valence-electron chi connectivity index (χ4n) is 4.04. The van der Waals surface area contributed by atoms with Gasteiger partial charge in [-0.05, 0) is 43.2 Å². The molecule has 1 unspecified atom stereocenters. The normalized spacial score (nSPS) is 23.3. The average Bonchev–Trinajstić information content (AvgIpc) is 3.03. The summed E-state index contributed by atoms with van der Waals surface area (Å²) in [6, 6.07) is 7.18. The van der Waals surface area contributed by atoms with Crippen LogP contribution in [0.4, 0.5) is 0 Å². The van der Waals surface area contributed by atoms with Gasteiger partial charge in [0.05, 0.1) is 0 Å². The Kier molecular flexibility index (Phi) is 4.26. The maximum Gasteiger partial charge on any atom is 0.123 e. The molecule has 0 radical (unpaired) electrons. The van der Waals surface area contributed by atoms with Crippen LogP contribution in [0.15, 0.2) is 18.2 Å². The molecule has 2 aliphatic rings. The molecule has 1 aromatic carbocycles. The number of nitrogens with one attached hydrogen (secondary N) is 1. The van der Waals surface area contributed by atoms with E-state index in [9.17, 15) is 0 Å². The molecule has 0 amide bonds. The van der Waals surface area contributed by atoms with Gasteiger partial charge >= 0.3 is 0 Å². The number of rotatable bonds is 5. The van der Waals surface area contributed by atoms with Crippen LogP contribution >= 0.6 is 0 Å². The molecule has 1 atom stereocenters.